The number of hydrogen-bond acceptors (Lipinski definition) is 4. The molecule has 1 aliphatic heterocycles. The number of rotatable bonds is 7. The highest BCUT2D eigenvalue weighted by Gasteiger charge is 2.45. The molecule has 1 amide bonds. The van der Waals surface area contributed by atoms with Crippen molar-refractivity contribution in [3.8, 4) is 0 Å². The second kappa shape index (κ2) is 9.77. The number of carbonyl (C=O) groups is 1. The van der Waals surface area contributed by atoms with E-state index in [1.165, 1.54) is 0 Å². The number of halogens is 3. The summed E-state index contributed by atoms with van der Waals surface area (Å²) in [6.45, 7) is 6.46. The molecule has 2 rings (SSSR count). The summed E-state index contributed by atoms with van der Waals surface area (Å²) in [5, 5.41) is 2.98. The Morgan fingerprint density at radius 1 is 1.22 bits per heavy atom. The average Bonchev–Trinajstić information content (AvgIpc) is 2.59. The largest absolute Gasteiger partial charge is 0.592 e. The molecule has 2 N–H and O–H groups in total. The average molecular weight is 405 g/mol. The van der Waals surface area contributed by atoms with Crippen molar-refractivity contribution < 1.29 is 22.5 Å². The summed E-state index contributed by atoms with van der Waals surface area (Å²) in [5.74, 6) is 0.274. The smallest absolute Gasteiger partial charge is 0.591 e. The molecule has 9 heteroatoms. The van der Waals surface area contributed by atoms with Crippen LogP contribution in [0.5, 0.6) is 0 Å². The van der Waals surface area contributed by atoms with Gasteiger partial charge in [-0.2, -0.15) is 0 Å². The molecule has 27 heavy (non-hydrogen) atoms. The minimum atomic E-state index is -4.72. The molecule has 5 nitrogen and oxygen atoms in total. The van der Waals surface area contributed by atoms with Gasteiger partial charge in [0, 0.05) is 18.7 Å². The maximum absolute atomic E-state index is 12.3. The standard InChI is InChI=1S/C18H26F3N3O2S/c1-13-9-14(2)11-16(10-13)17(25)22-12-15-3-6-24(7-4-15)8-5-23-27(26)18(19,20)21/h9-11,15,23H,3-8,12H2,1-2H3,(H,22,25). The lowest BCUT2D eigenvalue weighted by Crippen LogP contribution is -2.44. The van der Waals surface area contributed by atoms with E-state index in [4.69, 9.17) is 0 Å². The topological polar surface area (TPSA) is 67.4 Å². The van der Waals surface area contributed by atoms with E-state index < -0.39 is 16.9 Å². The van der Waals surface area contributed by atoms with Crippen LogP contribution in [-0.4, -0.2) is 53.6 Å². The van der Waals surface area contributed by atoms with Crippen LogP contribution in [0.2, 0.25) is 0 Å². The molecule has 0 radical (unpaired) electrons. The van der Waals surface area contributed by atoms with Gasteiger partial charge in [0.15, 0.2) is 11.4 Å². The summed E-state index contributed by atoms with van der Waals surface area (Å²) in [5.41, 5.74) is -1.96. The van der Waals surface area contributed by atoms with Crippen molar-refractivity contribution in [3.63, 3.8) is 0 Å². The summed E-state index contributed by atoms with van der Waals surface area (Å²) in [4.78, 5) is 14.3. The van der Waals surface area contributed by atoms with Gasteiger partial charge in [-0.25, -0.2) is 0 Å². The first kappa shape index (κ1) is 22.0. The van der Waals surface area contributed by atoms with Crippen molar-refractivity contribution in [2.45, 2.75) is 32.2 Å². The van der Waals surface area contributed by atoms with Gasteiger partial charge in [0.2, 0.25) is 0 Å². The monoisotopic (exact) mass is 405 g/mol. The molecule has 1 fully saturated rings. The second-order valence-electron chi connectivity index (χ2n) is 6.98. The number of alkyl halides is 3. The number of nitrogens with one attached hydrogen (secondary N) is 2. The van der Waals surface area contributed by atoms with Gasteiger partial charge < -0.3 is 14.8 Å². The summed E-state index contributed by atoms with van der Waals surface area (Å²) in [7, 11) is 0. The van der Waals surface area contributed by atoms with Crippen LogP contribution in [0.25, 0.3) is 0 Å². The van der Waals surface area contributed by atoms with E-state index in [0.29, 0.717) is 24.6 Å². The molecule has 1 aromatic carbocycles. The minimum Gasteiger partial charge on any atom is -0.591 e. The molecule has 0 aromatic heterocycles. The zero-order chi connectivity index (χ0) is 20.0. The minimum absolute atomic E-state index is 0.0280. The molecule has 152 valence electrons. The first-order chi connectivity index (χ1) is 12.6. The molecule has 0 saturated carbocycles. The molecular formula is C18H26F3N3O2S. The highest BCUT2D eigenvalue weighted by atomic mass is 32.2. The van der Waals surface area contributed by atoms with Crippen LogP contribution in [0.3, 0.4) is 0 Å². The number of aryl methyl sites for hydroxylation is 2. The molecule has 1 aromatic rings. The summed E-state index contributed by atoms with van der Waals surface area (Å²) in [6.07, 6.45) is 1.74. The normalized spacial score (nSPS) is 17.7. The van der Waals surface area contributed by atoms with Gasteiger partial charge in [-0.1, -0.05) is 17.2 Å². The quantitative estimate of drug-likeness (QED) is 0.684. The lowest BCUT2D eigenvalue weighted by atomic mass is 9.96. The van der Waals surface area contributed by atoms with Gasteiger partial charge in [0.25, 0.3) is 5.91 Å². The Morgan fingerprint density at radius 3 is 2.37 bits per heavy atom. The van der Waals surface area contributed by atoms with Crippen molar-refractivity contribution in [2.75, 3.05) is 32.7 Å². The number of likely N-dealkylation sites (tertiary alicyclic amines) is 1. The third-order valence-electron chi connectivity index (χ3n) is 4.61. The Bertz CT molecular complexity index is 615. The lowest BCUT2D eigenvalue weighted by Gasteiger charge is -2.32. The third kappa shape index (κ3) is 7.33. The van der Waals surface area contributed by atoms with Gasteiger partial charge in [0.05, 0.1) is 6.54 Å². The maximum atomic E-state index is 12.3. The SMILES string of the molecule is Cc1cc(C)cc(C(=O)NCC2CCN(CCN[S+]([O-])C(F)(F)F)CC2)c1. The Morgan fingerprint density at radius 2 is 1.81 bits per heavy atom. The summed E-state index contributed by atoms with van der Waals surface area (Å²) in [6, 6.07) is 5.75. The molecule has 0 spiro atoms. The fraction of sp³-hybridized carbons (Fsp3) is 0.611. The molecule has 1 aliphatic rings. The van der Waals surface area contributed by atoms with Crippen LogP contribution in [0, 0.1) is 19.8 Å². The van der Waals surface area contributed by atoms with Crippen LogP contribution < -0.4 is 10.0 Å². The predicted molar refractivity (Wildman–Crippen MR) is 99.6 cm³/mol. The highest BCUT2D eigenvalue weighted by Crippen LogP contribution is 2.21. The van der Waals surface area contributed by atoms with Gasteiger partial charge in [-0.3, -0.25) is 4.79 Å². The van der Waals surface area contributed by atoms with Crippen LogP contribution in [-0.2, 0) is 11.4 Å². The number of hydrogen-bond donors (Lipinski definition) is 2. The Balaban J connectivity index is 1.66. The molecule has 0 aliphatic carbocycles. The summed E-state index contributed by atoms with van der Waals surface area (Å²) < 4.78 is 49.4. The lowest BCUT2D eigenvalue weighted by molar-refractivity contribution is -0.0447. The Labute approximate surface area is 161 Å². The second-order valence-corrected chi connectivity index (χ2v) is 8.27. The van der Waals surface area contributed by atoms with E-state index in [0.717, 1.165) is 37.1 Å². The van der Waals surface area contributed by atoms with Crippen molar-refractivity contribution in [1.29, 1.82) is 0 Å². The number of amides is 1. The third-order valence-corrected chi connectivity index (χ3v) is 5.50. The van der Waals surface area contributed by atoms with E-state index >= 15 is 0 Å². The first-order valence-electron chi connectivity index (χ1n) is 8.96. The van der Waals surface area contributed by atoms with Crippen LogP contribution in [0.1, 0.15) is 34.3 Å². The van der Waals surface area contributed by atoms with Gasteiger partial charge in [-0.15, -0.1) is 17.9 Å². The van der Waals surface area contributed by atoms with E-state index in [1.807, 2.05) is 41.7 Å². The zero-order valence-corrected chi connectivity index (χ0v) is 16.4. The van der Waals surface area contributed by atoms with E-state index in [1.54, 1.807) is 0 Å². The van der Waals surface area contributed by atoms with E-state index in [-0.39, 0.29) is 12.5 Å². The van der Waals surface area contributed by atoms with Crippen LogP contribution >= 0.6 is 0 Å². The van der Waals surface area contributed by atoms with Crippen molar-refractivity contribution in [3.05, 3.63) is 34.9 Å². The van der Waals surface area contributed by atoms with Crippen LogP contribution in [0.15, 0.2) is 18.2 Å². The molecule has 1 atom stereocenters. The van der Waals surface area contributed by atoms with E-state index in [2.05, 4.69) is 5.32 Å². The fourth-order valence-corrected chi connectivity index (χ4v) is 3.68. The predicted octanol–water partition coefficient (Wildman–Crippen LogP) is 2.52. The van der Waals surface area contributed by atoms with Crippen molar-refractivity contribution in [2.24, 2.45) is 5.92 Å². The highest BCUT2D eigenvalue weighted by molar-refractivity contribution is 7.90. The Hall–Kier alpha value is -1.29. The molecule has 1 saturated heterocycles. The van der Waals surface area contributed by atoms with Crippen molar-refractivity contribution >= 4 is 17.3 Å². The molecule has 1 heterocycles. The molecular weight excluding hydrogens is 379 g/mol. The van der Waals surface area contributed by atoms with Crippen molar-refractivity contribution in [1.82, 2.24) is 14.9 Å². The maximum Gasteiger partial charge on any atom is 0.592 e. The van der Waals surface area contributed by atoms with E-state index in [9.17, 15) is 22.5 Å². The number of piperidine rings is 1. The van der Waals surface area contributed by atoms with Gasteiger partial charge >= 0.3 is 5.51 Å². The van der Waals surface area contributed by atoms with Gasteiger partial charge in [-0.05, 0) is 57.8 Å². The first-order valence-corrected chi connectivity index (χ1v) is 10.1. The fourth-order valence-electron chi connectivity index (χ4n) is 3.24. The zero-order valence-electron chi connectivity index (χ0n) is 15.6. The molecule has 0 bridgehead atoms. The Kier molecular flexibility index (Phi) is 7.96. The molecule has 1 unspecified atom stereocenters. The number of carbonyl (C=O) groups excluding carboxylic acids is 1. The number of nitrogens with zero attached hydrogens (tertiary/aromatic N) is 1. The number of benzene rings is 1. The summed E-state index contributed by atoms with van der Waals surface area (Å²) >= 11 is -3.00. The van der Waals surface area contributed by atoms with Gasteiger partial charge in [0.1, 0.15) is 0 Å². The van der Waals surface area contributed by atoms with Crippen LogP contribution in [0.4, 0.5) is 13.2 Å².